The van der Waals surface area contributed by atoms with E-state index in [0.29, 0.717) is 25.9 Å². The highest BCUT2D eigenvalue weighted by Gasteiger charge is 2.52. The van der Waals surface area contributed by atoms with Crippen molar-refractivity contribution in [3.63, 3.8) is 0 Å². The lowest BCUT2D eigenvalue weighted by atomic mass is 9.79. The Morgan fingerprint density at radius 1 is 0.855 bits per heavy atom. The number of rotatable bonds is 20. The van der Waals surface area contributed by atoms with E-state index >= 15 is 0 Å². The lowest BCUT2D eigenvalue weighted by Crippen LogP contribution is -2.67. The molecular weight excluding hydrogens is 845 g/mol. The number of hydrogen-bond acceptors (Lipinski definition) is 8. The van der Waals surface area contributed by atoms with E-state index in [9.17, 15) is 8.42 Å². The van der Waals surface area contributed by atoms with Crippen LogP contribution in [-0.4, -0.2) is 77.3 Å². The lowest BCUT2D eigenvalue weighted by molar-refractivity contribution is -0.281. The maximum absolute atomic E-state index is 13.3. The molecule has 4 rings (SSSR count). The molecular formula is C50H78O8SSi3. The van der Waals surface area contributed by atoms with Gasteiger partial charge in [-0.05, 0) is 118 Å². The van der Waals surface area contributed by atoms with E-state index in [-0.39, 0.29) is 46.5 Å². The van der Waals surface area contributed by atoms with Crippen LogP contribution in [0.4, 0.5) is 0 Å². The molecule has 7 atom stereocenters. The molecule has 1 heterocycles. The predicted octanol–water partition coefficient (Wildman–Crippen LogP) is 10.7. The summed E-state index contributed by atoms with van der Waals surface area (Å²) in [6.45, 7) is 30.8. The first-order valence-electron chi connectivity index (χ1n) is 22.6. The van der Waals surface area contributed by atoms with Gasteiger partial charge in [0.1, 0.15) is 0 Å². The topological polar surface area (TPSA) is 89.5 Å². The third-order valence-corrected chi connectivity index (χ3v) is 20.4. The van der Waals surface area contributed by atoms with Crippen molar-refractivity contribution in [1.29, 1.82) is 0 Å². The van der Waals surface area contributed by atoms with Gasteiger partial charge in [0.2, 0.25) is 5.79 Å². The van der Waals surface area contributed by atoms with Crippen LogP contribution in [0.25, 0.3) is 0 Å². The van der Waals surface area contributed by atoms with E-state index in [1.54, 1.807) is 31.4 Å². The van der Waals surface area contributed by atoms with Crippen molar-refractivity contribution in [2.24, 2.45) is 17.8 Å². The van der Waals surface area contributed by atoms with Gasteiger partial charge in [0.25, 0.3) is 18.4 Å². The minimum Gasteiger partial charge on any atom is -0.414 e. The van der Waals surface area contributed by atoms with E-state index in [1.165, 1.54) is 10.4 Å². The quantitative estimate of drug-likeness (QED) is 0.0629. The van der Waals surface area contributed by atoms with E-state index in [4.69, 9.17) is 26.9 Å². The zero-order valence-corrected chi connectivity index (χ0v) is 44.4. The fourth-order valence-corrected chi connectivity index (χ4v) is 17.5. The molecule has 0 amide bonds. The molecule has 62 heavy (non-hydrogen) atoms. The maximum atomic E-state index is 13.3. The van der Waals surface area contributed by atoms with Crippen molar-refractivity contribution in [3.8, 4) is 11.8 Å². The Morgan fingerprint density at radius 3 is 1.90 bits per heavy atom. The molecule has 3 aromatic carbocycles. The Morgan fingerprint density at radius 2 is 1.42 bits per heavy atom. The highest BCUT2D eigenvalue weighted by Crippen LogP contribution is 2.43. The van der Waals surface area contributed by atoms with Crippen molar-refractivity contribution in [1.82, 2.24) is 0 Å². The Labute approximate surface area is 379 Å². The SMILES string of the molecule is CC[C@@H](CO[Si](c1ccccc1)(c1ccccc1)C(C)(C)C)[C@H]1OC(C#CC[C@H](CC[C@@](C)(COS(=O)(=O)c2ccc(C)cc2)O[Si](C)(C)C)O[Si](C)(C)C)(OC)[C@H](C)C[C@@H]1C. The Kier molecular flexibility index (Phi) is 17.9. The third kappa shape index (κ3) is 13.8. The van der Waals surface area contributed by atoms with E-state index in [0.717, 1.165) is 18.4 Å². The summed E-state index contributed by atoms with van der Waals surface area (Å²) in [7, 11) is -9.18. The summed E-state index contributed by atoms with van der Waals surface area (Å²) in [6.07, 6.45) is 3.05. The number of ether oxygens (including phenoxy) is 2. The Balaban J connectivity index is 1.58. The average Bonchev–Trinajstić information content (AvgIpc) is 3.18. The molecule has 0 spiro atoms. The molecule has 0 bridgehead atoms. The van der Waals surface area contributed by atoms with Crippen molar-refractivity contribution >= 4 is 45.4 Å². The molecule has 344 valence electrons. The first kappa shape index (κ1) is 52.2. The summed E-state index contributed by atoms with van der Waals surface area (Å²) in [4.78, 5) is 0.133. The molecule has 0 aromatic heterocycles. The second-order valence-corrected chi connectivity index (χ2v) is 35.6. The van der Waals surface area contributed by atoms with Crippen molar-refractivity contribution in [3.05, 3.63) is 90.5 Å². The van der Waals surface area contributed by atoms with Gasteiger partial charge in [0, 0.05) is 32.0 Å². The normalized spacial score (nSPS) is 22.3. The van der Waals surface area contributed by atoms with Gasteiger partial charge in [0.15, 0.2) is 16.6 Å². The molecule has 8 nitrogen and oxygen atoms in total. The van der Waals surface area contributed by atoms with Gasteiger partial charge in [-0.1, -0.05) is 126 Å². The number of hydrogen-bond donors (Lipinski definition) is 0. The summed E-state index contributed by atoms with van der Waals surface area (Å²) in [5.41, 5.74) is 0.116. The zero-order valence-electron chi connectivity index (χ0n) is 40.6. The van der Waals surface area contributed by atoms with Crippen LogP contribution >= 0.6 is 0 Å². The van der Waals surface area contributed by atoms with Gasteiger partial charge < -0.3 is 22.8 Å². The highest BCUT2D eigenvalue weighted by atomic mass is 32.2. The summed E-state index contributed by atoms with van der Waals surface area (Å²) in [6, 6.07) is 28.3. The third-order valence-electron chi connectivity index (χ3n) is 12.0. The predicted molar refractivity (Wildman–Crippen MR) is 262 cm³/mol. The molecule has 12 heteroatoms. The van der Waals surface area contributed by atoms with Crippen molar-refractivity contribution in [2.45, 2.75) is 160 Å². The van der Waals surface area contributed by atoms with Crippen LogP contribution in [-0.2, 0) is 37.1 Å². The average molecular weight is 923 g/mol. The van der Waals surface area contributed by atoms with Crippen LogP contribution in [0.2, 0.25) is 44.3 Å². The van der Waals surface area contributed by atoms with Crippen molar-refractivity contribution < 1.29 is 35.4 Å². The van der Waals surface area contributed by atoms with Crippen molar-refractivity contribution in [2.75, 3.05) is 20.3 Å². The monoisotopic (exact) mass is 922 g/mol. The van der Waals surface area contributed by atoms with Crippen LogP contribution in [0.3, 0.4) is 0 Å². The van der Waals surface area contributed by atoms with Crippen LogP contribution in [0.5, 0.6) is 0 Å². The van der Waals surface area contributed by atoms with Gasteiger partial charge >= 0.3 is 0 Å². The van der Waals surface area contributed by atoms with Crippen LogP contribution in [0.1, 0.15) is 86.1 Å². The minimum atomic E-state index is -3.98. The first-order chi connectivity index (χ1) is 28.8. The minimum absolute atomic E-state index is 0.0266. The van der Waals surface area contributed by atoms with Gasteiger partial charge in [0.05, 0.1) is 29.3 Å². The molecule has 0 N–H and O–H groups in total. The van der Waals surface area contributed by atoms with Crippen LogP contribution < -0.4 is 10.4 Å². The molecule has 1 aliphatic rings. The molecule has 0 radical (unpaired) electrons. The molecule has 1 saturated heterocycles. The molecule has 1 aliphatic heterocycles. The summed E-state index contributed by atoms with van der Waals surface area (Å²) >= 11 is 0. The second kappa shape index (κ2) is 21.3. The smallest absolute Gasteiger partial charge is 0.297 e. The summed E-state index contributed by atoms with van der Waals surface area (Å²) in [5, 5.41) is 2.39. The summed E-state index contributed by atoms with van der Waals surface area (Å²) in [5.74, 6) is 6.31. The molecule has 0 saturated carbocycles. The highest BCUT2D eigenvalue weighted by molar-refractivity contribution is 7.86. The van der Waals surface area contributed by atoms with Gasteiger partial charge in [-0.3, -0.25) is 4.18 Å². The van der Waals surface area contributed by atoms with E-state index in [2.05, 4.69) is 153 Å². The molecule has 0 aliphatic carbocycles. The van der Waals surface area contributed by atoms with E-state index < -0.39 is 46.5 Å². The van der Waals surface area contributed by atoms with E-state index in [1.807, 2.05) is 13.8 Å². The van der Waals surface area contributed by atoms with Crippen LogP contribution in [0, 0.1) is 36.5 Å². The number of aryl methyl sites for hydroxylation is 1. The molecule has 3 aromatic rings. The largest absolute Gasteiger partial charge is 0.414 e. The molecule has 1 fully saturated rings. The van der Waals surface area contributed by atoms with Gasteiger partial charge in [-0.2, -0.15) is 8.42 Å². The van der Waals surface area contributed by atoms with Gasteiger partial charge in [-0.25, -0.2) is 0 Å². The van der Waals surface area contributed by atoms with Gasteiger partial charge in [-0.15, -0.1) is 0 Å². The van der Waals surface area contributed by atoms with Crippen LogP contribution in [0.15, 0.2) is 89.8 Å². The lowest BCUT2D eigenvalue weighted by Gasteiger charge is -2.48. The number of benzene rings is 3. The molecule has 1 unspecified atom stereocenters. The second-order valence-electron chi connectivity index (χ2n) is 20.8. The maximum Gasteiger partial charge on any atom is 0.297 e. The Bertz CT molecular complexity index is 1980. The fourth-order valence-electron chi connectivity index (χ4n) is 9.06. The number of methoxy groups -OCH3 is 1. The standard InChI is InChI=1S/C50H78O8SSi3/c1-16-42(37-55-62(48(5,6)7,45-25-19-17-20-26-45)46-27-21-18-22-28-46)47-40(3)36-41(4)50(53-9,56-47)34-23-24-43(57-60(10,11)12)33-35-49(8,58-61(13,14)15)38-54-59(51,52)44-31-29-39(2)30-32-44/h17-22,25-32,40-43,47H,16,24,33,35-38H2,1-15H3/t40-,41+,42-,43+,47-,49-,50?/m0/s1. The fraction of sp³-hybridized carbons (Fsp3) is 0.600. The Hall–Kier alpha value is -2.42. The zero-order chi connectivity index (χ0) is 46.2. The first-order valence-corrected chi connectivity index (χ1v) is 32.7. The summed E-state index contributed by atoms with van der Waals surface area (Å²) < 4.78 is 66.6.